The molecule has 0 amide bonds. The number of nitriles is 1. The Morgan fingerprint density at radius 2 is 2.26 bits per heavy atom. The van der Waals surface area contributed by atoms with Crippen LogP contribution in [0.4, 0.5) is 0 Å². The van der Waals surface area contributed by atoms with E-state index in [4.69, 9.17) is 14.5 Å². The molecule has 5 heteroatoms. The van der Waals surface area contributed by atoms with Gasteiger partial charge in [-0.15, -0.1) is 0 Å². The summed E-state index contributed by atoms with van der Waals surface area (Å²) >= 11 is 0. The lowest BCUT2D eigenvalue weighted by atomic mass is 10.1. The molecule has 0 aliphatic rings. The van der Waals surface area contributed by atoms with Gasteiger partial charge in [0.2, 0.25) is 0 Å². The third kappa shape index (κ3) is 3.32. The number of hydrogen-bond donors (Lipinski definition) is 0. The van der Waals surface area contributed by atoms with Crippen LogP contribution in [-0.2, 0) is 13.0 Å². The molecule has 0 aliphatic carbocycles. The Bertz CT molecular complexity index is 599. The summed E-state index contributed by atoms with van der Waals surface area (Å²) in [5.41, 5.74) is 1.53. The smallest absolute Gasteiger partial charge is 0.264 e. The van der Waals surface area contributed by atoms with Crippen molar-refractivity contribution in [2.75, 3.05) is 0 Å². The van der Waals surface area contributed by atoms with Gasteiger partial charge in [0.25, 0.3) is 5.89 Å². The Kier molecular flexibility index (Phi) is 4.14. The second-order valence-electron chi connectivity index (χ2n) is 4.24. The highest BCUT2D eigenvalue weighted by molar-refractivity contribution is 5.41. The van der Waals surface area contributed by atoms with E-state index in [-0.39, 0.29) is 6.61 Å². The molecule has 19 heavy (non-hydrogen) atoms. The summed E-state index contributed by atoms with van der Waals surface area (Å²) in [6.45, 7) is 4.20. The van der Waals surface area contributed by atoms with Crippen LogP contribution in [0.25, 0.3) is 0 Å². The minimum Gasteiger partial charge on any atom is -0.483 e. The van der Waals surface area contributed by atoms with Gasteiger partial charge in [0.15, 0.2) is 12.4 Å². The van der Waals surface area contributed by atoms with E-state index in [1.807, 2.05) is 13.0 Å². The maximum Gasteiger partial charge on any atom is 0.264 e. The fourth-order valence-electron chi connectivity index (χ4n) is 1.64. The number of ether oxygens (including phenoxy) is 1. The van der Waals surface area contributed by atoms with Crippen LogP contribution in [0.3, 0.4) is 0 Å². The molecule has 0 bridgehead atoms. The molecule has 0 radical (unpaired) electrons. The molecule has 1 heterocycles. The van der Waals surface area contributed by atoms with Gasteiger partial charge in [0, 0.05) is 6.42 Å². The van der Waals surface area contributed by atoms with Crippen molar-refractivity contribution in [1.29, 1.82) is 5.26 Å². The normalized spacial score (nSPS) is 10.2. The van der Waals surface area contributed by atoms with E-state index in [1.54, 1.807) is 12.1 Å². The third-order valence-electron chi connectivity index (χ3n) is 2.65. The lowest BCUT2D eigenvalue weighted by molar-refractivity contribution is 0.241. The molecule has 5 nitrogen and oxygen atoms in total. The Hall–Kier alpha value is -2.35. The summed E-state index contributed by atoms with van der Waals surface area (Å²) in [4.78, 5) is 4.22. The number of benzene rings is 1. The average Bonchev–Trinajstić information content (AvgIpc) is 2.86. The molecule has 0 saturated carbocycles. The predicted octanol–water partition coefficient (Wildman–Crippen LogP) is 2.78. The van der Waals surface area contributed by atoms with Gasteiger partial charge in [-0.25, -0.2) is 0 Å². The predicted molar refractivity (Wildman–Crippen MR) is 68.5 cm³/mol. The largest absolute Gasteiger partial charge is 0.483 e. The van der Waals surface area contributed by atoms with Crippen molar-refractivity contribution < 1.29 is 9.26 Å². The number of aryl methyl sites for hydroxylation is 2. The molecule has 1 aromatic heterocycles. The van der Waals surface area contributed by atoms with Crippen LogP contribution in [0.5, 0.6) is 5.75 Å². The van der Waals surface area contributed by atoms with E-state index in [0.29, 0.717) is 23.0 Å². The maximum absolute atomic E-state index is 8.85. The molecular weight excluding hydrogens is 242 g/mol. The van der Waals surface area contributed by atoms with Gasteiger partial charge in [-0.05, 0) is 31.0 Å². The summed E-state index contributed by atoms with van der Waals surface area (Å²) in [6.07, 6.45) is 1.77. The van der Waals surface area contributed by atoms with Crippen LogP contribution in [-0.4, -0.2) is 10.1 Å². The first-order valence-corrected chi connectivity index (χ1v) is 6.18. The minimum absolute atomic E-state index is 0.215. The zero-order valence-electron chi connectivity index (χ0n) is 11.0. The quantitative estimate of drug-likeness (QED) is 0.823. The first-order chi connectivity index (χ1) is 9.22. The lowest BCUT2D eigenvalue weighted by Gasteiger charge is -2.06. The first kappa shape index (κ1) is 13.1. The topological polar surface area (TPSA) is 71.9 Å². The van der Waals surface area contributed by atoms with Crippen molar-refractivity contribution in [1.82, 2.24) is 10.1 Å². The summed E-state index contributed by atoms with van der Waals surface area (Å²) < 4.78 is 10.7. The monoisotopic (exact) mass is 257 g/mol. The molecule has 0 saturated heterocycles. The second-order valence-corrected chi connectivity index (χ2v) is 4.24. The van der Waals surface area contributed by atoms with Crippen LogP contribution >= 0.6 is 0 Å². The van der Waals surface area contributed by atoms with Crippen molar-refractivity contribution in [3.63, 3.8) is 0 Å². The fourth-order valence-corrected chi connectivity index (χ4v) is 1.64. The van der Waals surface area contributed by atoms with Crippen molar-refractivity contribution >= 4 is 0 Å². The molecule has 0 atom stereocenters. The van der Waals surface area contributed by atoms with Gasteiger partial charge in [-0.3, -0.25) is 0 Å². The van der Waals surface area contributed by atoms with E-state index < -0.39 is 0 Å². The van der Waals surface area contributed by atoms with E-state index in [9.17, 15) is 0 Å². The Morgan fingerprint density at radius 1 is 1.42 bits per heavy atom. The summed E-state index contributed by atoms with van der Waals surface area (Å²) in [6, 6.07) is 7.40. The third-order valence-corrected chi connectivity index (χ3v) is 2.65. The molecule has 2 aromatic rings. The number of nitrogens with zero attached hydrogens (tertiary/aromatic N) is 3. The Balaban J connectivity index is 2.03. The highest BCUT2D eigenvalue weighted by Crippen LogP contribution is 2.20. The fraction of sp³-hybridized carbons (Fsp3) is 0.357. The summed E-state index contributed by atoms with van der Waals surface area (Å²) in [5, 5.41) is 12.7. The van der Waals surface area contributed by atoms with Crippen LogP contribution in [0.1, 0.15) is 36.2 Å². The molecule has 1 aromatic carbocycles. The van der Waals surface area contributed by atoms with Crippen LogP contribution in [0, 0.1) is 18.3 Å². The van der Waals surface area contributed by atoms with Crippen molar-refractivity contribution in [2.45, 2.75) is 33.3 Å². The van der Waals surface area contributed by atoms with E-state index in [1.165, 1.54) is 0 Å². The van der Waals surface area contributed by atoms with E-state index >= 15 is 0 Å². The van der Waals surface area contributed by atoms with Gasteiger partial charge >= 0.3 is 0 Å². The highest BCUT2D eigenvalue weighted by Gasteiger charge is 2.08. The zero-order chi connectivity index (χ0) is 13.7. The Morgan fingerprint density at radius 3 is 3.00 bits per heavy atom. The van der Waals surface area contributed by atoms with Crippen molar-refractivity contribution in [2.24, 2.45) is 0 Å². The van der Waals surface area contributed by atoms with Crippen LogP contribution in [0.2, 0.25) is 0 Å². The van der Waals surface area contributed by atoms with Gasteiger partial charge in [0.1, 0.15) is 5.75 Å². The van der Waals surface area contributed by atoms with Gasteiger partial charge in [-0.2, -0.15) is 10.2 Å². The van der Waals surface area contributed by atoms with Crippen LogP contribution in [0.15, 0.2) is 22.7 Å². The SMILES string of the molecule is CCCc1noc(COc2cc(C#N)ccc2C)n1. The molecule has 0 N–H and O–H groups in total. The molecular formula is C14H15N3O2. The molecule has 0 spiro atoms. The van der Waals surface area contributed by atoms with E-state index in [2.05, 4.69) is 23.1 Å². The number of hydrogen-bond acceptors (Lipinski definition) is 5. The average molecular weight is 257 g/mol. The second kappa shape index (κ2) is 6.01. The van der Waals surface area contributed by atoms with Gasteiger partial charge in [0.05, 0.1) is 11.6 Å². The van der Waals surface area contributed by atoms with E-state index in [0.717, 1.165) is 18.4 Å². The zero-order valence-corrected chi connectivity index (χ0v) is 11.0. The van der Waals surface area contributed by atoms with Crippen molar-refractivity contribution in [3.05, 3.63) is 41.0 Å². The van der Waals surface area contributed by atoms with Crippen LogP contribution < -0.4 is 4.74 Å². The van der Waals surface area contributed by atoms with Gasteiger partial charge in [-0.1, -0.05) is 18.1 Å². The Labute approximate surface area is 111 Å². The number of rotatable bonds is 5. The number of aromatic nitrogens is 2. The molecule has 98 valence electrons. The standard InChI is InChI=1S/C14H15N3O2/c1-3-4-13-16-14(19-17-13)9-18-12-7-11(8-15)6-5-10(12)2/h5-7H,3-4,9H2,1-2H3. The first-order valence-electron chi connectivity index (χ1n) is 6.18. The summed E-state index contributed by atoms with van der Waals surface area (Å²) in [5.74, 6) is 1.81. The van der Waals surface area contributed by atoms with Gasteiger partial charge < -0.3 is 9.26 Å². The van der Waals surface area contributed by atoms with Crippen molar-refractivity contribution in [3.8, 4) is 11.8 Å². The molecule has 2 rings (SSSR count). The lowest BCUT2D eigenvalue weighted by Crippen LogP contribution is -1.98. The summed E-state index contributed by atoms with van der Waals surface area (Å²) in [7, 11) is 0. The molecule has 0 fully saturated rings. The molecule has 0 aliphatic heterocycles. The maximum atomic E-state index is 8.85. The minimum atomic E-state index is 0.215. The highest BCUT2D eigenvalue weighted by atomic mass is 16.5. The molecule has 0 unspecified atom stereocenters.